The highest BCUT2D eigenvalue weighted by Crippen LogP contribution is 2.61. The van der Waals surface area contributed by atoms with E-state index in [0.717, 1.165) is 32.1 Å². The SMILES string of the molecule is C=C1CC[C@H](O)C/C1=C/C=C1\CCC[C@@]2(C)C1CC[C@@H]2[C@H](C)C1CC(O)(C2CC2)OO1. The Labute approximate surface area is 187 Å². The Balaban J connectivity index is 1.31. The minimum absolute atomic E-state index is 0.00491. The first kappa shape index (κ1) is 21.9. The van der Waals surface area contributed by atoms with Crippen LogP contribution in [0.5, 0.6) is 0 Å². The Bertz CT molecular complexity index is 780. The Hall–Kier alpha value is -0.940. The molecule has 5 fully saturated rings. The summed E-state index contributed by atoms with van der Waals surface area (Å²) in [6.45, 7) is 9.04. The van der Waals surface area contributed by atoms with Crippen molar-refractivity contribution in [1.29, 1.82) is 0 Å². The quantitative estimate of drug-likeness (QED) is 0.571. The van der Waals surface area contributed by atoms with Gasteiger partial charge in [-0.3, -0.25) is 0 Å². The maximum absolute atomic E-state index is 10.8. The molecule has 4 aliphatic carbocycles. The predicted molar refractivity (Wildman–Crippen MR) is 121 cm³/mol. The van der Waals surface area contributed by atoms with Gasteiger partial charge in [-0.2, -0.15) is 0 Å². The normalized spacial score (nSPS) is 47.2. The van der Waals surface area contributed by atoms with Gasteiger partial charge >= 0.3 is 0 Å². The van der Waals surface area contributed by atoms with E-state index in [-0.39, 0.29) is 23.5 Å². The Morgan fingerprint density at radius 1 is 1.13 bits per heavy atom. The van der Waals surface area contributed by atoms with Crippen molar-refractivity contribution in [2.75, 3.05) is 0 Å². The second kappa shape index (κ2) is 8.13. The van der Waals surface area contributed by atoms with E-state index in [2.05, 4.69) is 32.6 Å². The molecule has 2 N–H and O–H groups in total. The molecule has 1 saturated heterocycles. The molecular weight excluding hydrogens is 388 g/mol. The molecule has 3 unspecified atom stereocenters. The minimum atomic E-state index is -1.05. The van der Waals surface area contributed by atoms with Gasteiger partial charge in [0.05, 0.1) is 6.10 Å². The van der Waals surface area contributed by atoms with Gasteiger partial charge in [0.25, 0.3) is 0 Å². The van der Waals surface area contributed by atoms with Crippen molar-refractivity contribution >= 4 is 0 Å². The Kier molecular flexibility index (Phi) is 5.74. The van der Waals surface area contributed by atoms with Crippen LogP contribution in [-0.4, -0.2) is 28.2 Å². The standard InChI is InChI=1S/C27H40O4/c1-17-6-11-22(28)15-20(17)8-7-19-5-4-14-26(3)23(12-13-24(19)26)18(2)25-16-27(29,31-30-25)21-9-10-21/h7-8,18,21-25,28-29H,1,4-6,9-16H2,2-3H3/b19-7+,20-8-/t18-,22-,23+,24?,25?,26+,27?/m0/s1. The average Bonchev–Trinajstić information content (AvgIpc) is 3.44. The molecule has 0 spiro atoms. The molecule has 0 aromatic carbocycles. The van der Waals surface area contributed by atoms with Crippen molar-refractivity contribution in [3.8, 4) is 0 Å². The molecule has 4 saturated carbocycles. The minimum Gasteiger partial charge on any atom is -0.393 e. The number of aliphatic hydroxyl groups excluding tert-OH is 1. The predicted octanol–water partition coefficient (Wildman–Crippen LogP) is 5.61. The third-order valence-electron chi connectivity index (χ3n) is 9.47. The summed E-state index contributed by atoms with van der Waals surface area (Å²) in [4.78, 5) is 11.2. The summed E-state index contributed by atoms with van der Waals surface area (Å²) in [5, 5.41) is 20.8. The largest absolute Gasteiger partial charge is 0.393 e. The van der Waals surface area contributed by atoms with E-state index >= 15 is 0 Å². The highest BCUT2D eigenvalue weighted by molar-refractivity contribution is 5.36. The molecule has 31 heavy (non-hydrogen) atoms. The van der Waals surface area contributed by atoms with Crippen LogP contribution in [0.2, 0.25) is 0 Å². The van der Waals surface area contributed by atoms with E-state index in [4.69, 9.17) is 9.78 Å². The first-order valence-electron chi connectivity index (χ1n) is 12.6. The van der Waals surface area contributed by atoms with Gasteiger partial charge in [-0.1, -0.05) is 43.7 Å². The van der Waals surface area contributed by atoms with Crippen molar-refractivity contribution in [2.45, 2.75) is 102 Å². The lowest BCUT2D eigenvalue weighted by Gasteiger charge is -2.45. The number of aliphatic hydroxyl groups is 2. The van der Waals surface area contributed by atoms with Crippen molar-refractivity contribution in [2.24, 2.45) is 29.1 Å². The van der Waals surface area contributed by atoms with Crippen LogP contribution in [0.15, 0.2) is 35.5 Å². The number of fused-ring (bicyclic) bond motifs is 1. The van der Waals surface area contributed by atoms with Gasteiger partial charge < -0.3 is 10.2 Å². The maximum atomic E-state index is 10.8. The summed E-state index contributed by atoms with van der Waals surface area (Å²) >= 11 is 0. The summed E-state index contributed by atoms with van der Waals surface area (Å²) in [6, 6.07) is 0. The molecule has 1 heterocycles. The topological polar surface area (TPSA) is 58.9 Å². The van der Waals surface area contributed by atoms with Gasteiger partial charge in [0, 0.05) is 12.3 Å². The summed E-state index contributed by atoms with van der Waals surface area (Å²) in [6.07, 6.45) is 15.8. The Morgan fingerprint density at radius 2 is 1.94 bits per heavy atom. The van der Waals surface area contributed by atoms with E-state index < -0.39 is 5.79 Å². The van der Waals surface area contributed by atoms with Gasteiger partial charge in [0.15, 0.2) is 0 Å². The number of allylic oxidation sites excluding steroid dienone is 4. The molecule has 172 valence electrons. The molecule has 0 aromatic rings. The molecule has 5 rings (SSSR count). The third-order valence-corrected chi connectivity index (χ3v) is 9.47. The number of rotatable bonds is 4. The summed E-state index contributed by atoms with van der Waals surface area (Å²) < 4.78 is 0. The van der Waals surface area contributed by atoms with Crippen LogP contribution in [0.1, 0.15) is 84.5 Å². The molecule has 0 aromatic heterocycles. The summed E-state index contributed by atoms with van der Waals surface area (Å²) in [5.74, 6) is 0.817. The third kappa shape index (κ3) is 3.99. The zero-order chi connectivity index (χ0) is 21.8. The first-order valence-corrected chi connectivity index (χ1v) is 12.6. The first-order chi connectivity index (χ1) is 14.8. The van der Waals surface area contributed by atoms with Crippen LogP contribution in [-0.2, 0) is 9.78 Å². The fourth-order valence-corrected chi connectivity index (χ4v) is 7.34. The zero-order valence-electron chi connectivity index (χ0n) is 19.3. The summed E-state index contributed by atoms with van der Waals surface area (Å²) in [5.41, 5.74) is 4.30. The van der Waals surface area contributed by atoms with Crippen molar-refractivity contribution in [1.82, 2.24) is 0 Å². The Morgan fingerprint density at radius 3 is 2.71 bits per heavy atom. The molecule has 0 radical (unpaired) electrons. The van der Waals surface area contributed by atoms with E-state index in [1.807, 2.05) is 0 Å². The van der Waals surface area contributed by atoms with Gasteiger partial charge in [-0.15, -0.1) is 0 Å². The second-order valence-corrected chi connectivity index (χ2v) is 11.4. The van der Waals surface area contributed by atoms with Gasteiger partial charge in [-0.05, 0) is 93.0 Å². The van der Waals surface area contributed by atoms with E-state index in [1.54, 1.807) is 5.57 Å². The van der Waals surface area contributed by atoms with E-state index in [0.29, 0.717) is 24.2 Å². The van der Waals surface area contributed by atoms with Crippen LogP contribution in [0.4, 0.5) is 0 Å². The van der Waals surface area contributed by atoms with Crippen LogP contribution in [0.3, 0.4) is 0 Å². The highest BCUT2D eigenvalue weighted by Gasteiger charge is 2.57. The lowest BCUT2D eigenvalue weighted by molar-refractivity contribution is -0.388. The monoisotopic (exact) mass is 428 g/mol. The van der Waals surface area contributed by atoms with Crippen LogP contribution < -0.4 is 0 Å². The van der Waals surface area contributed by atoms with Crippen LogP contribution in [0, 0.1) is 29.1 Å². The molecular formula is C27H40O4. The number of hydrogen-bond donors (Lipinski definition) is 2. The fourth-order valence-electron chi connectivity index (χ4n) is 7.34. The molecule has 0 amide bonds. The highest BCUT2D eigenvalue weighted by atomic mass is 17.2. The molecule has 4 nitrogen and oxygen atoms in total. The van der Waals surface area contributed by atoms with Gasteiger partial charge in [0.2, 0.25) is 5.79 Å². The molecule has 7 atom stereocenters. The van der Waals surface area contributed by atoms with E-state index in [1.165, 1.54) is 43.3 Å². The number of hydrogen-bond acceptors (Lipinski definition) is 4. The smallest absolute Gasteiger partial charge is 0.204 e. The van der Waals surface area contributed by atoms with E-state index in [9.17, 15) is 10.2 Å². The van der Waals surface area contributed by atoms with Crippen LogP contribution in [0.25, 0.3) is 0 Å². The molecule has 0 bridgehead atoms. The lowest BCUT2D eigenvalue weighted by atomic mass is 9.60. The van der Waals surface area contributed by atoms with Crippen molar-refractivity contribution in [3.63, 3.8) is 0 Å². The van der Waals surface area contributed by atoms with Gasteiger partial charge in [0.1, 0.15) is 6.10 Å². The molecule has 4 heteroatoms. The lowest BCUT2D eigenvalue weighted by Crippen LogP contribution is -2.39. The van der Waals surface area contributed by atoms with Crippen molar-refractivity contribution in [3.05, 3.63) is 35.5 Å². The second-order valence-electron chi connectivity index (χ2n) is 11.4. The maximum Gasteiger partial charge on any atom is 0.204 e. The van der Waals surface area contributed by atoms with Gasteiger partial charge in [-0.25, -0.2) is 9.78 Å². The summed E-state index contributed by atoms with van der Waals surface area (Å²) in [7, 11) is 0. The zero-order valence-corrected chi connectivity index (χ0v) is 19.3. The fraction of sp³-hybridized carbons (Fsp3) is 0.778. The molecule has 1 aliphatic heterocycles. The molecule has 5 aliphatic rings. The van der Waals surface area contributed by atoms with Crippen molar-refractivity contribution < 1.29 is 20.0 Å². The average molecular weight is 429 g/mol. The van der Waals surface area contributed by atoms with Crippen LogP contribution >= 0.6 is 0 Å².